The molecule has 2 heterocycles. The summed E-state index contributed by atoms with van der Waals surface area (Å²) in [6.45, 7) is 19.5. The molecule has 0 saturated heterocycles. The van der Waals surface area contributed by atoms with Crippen LogP contribution in [0.1, 0.15) is 90.5 Å². The third-order valence-electron chi connectivity index (χ3n) is 10.7. The van der Waals surface area contributed by atoms with E-state index in [1.54, 1.807) is 0 Å². The fraction of sp³-hybridized carbons (Fsp3) is 0.368. The minimum atomic E-state index is 0.124. The van der Waals surface area contributed by atoms with Gasteiger partial charge in [-0.05, 0) is 110 Å². The van der Waals surface area contributed by atoms with Crippen LogP contribution in [0.4, 0.5) is 17.1 Å². The van der Waals surface area contributed by atoms with E-state index in [0.29, 0.717) is 0 Å². The molecule has 4 aromatic carbocycles. The van der Waals surface area contributed by atoms with E-state index in [1.165, 1.54) is 62.1 Å². The van der Waals surface area contributed by atoms with Gasteiger partial charge in [-0.3, -0.25) is 0 Å². The monoisotopic (exact) mass is 537 g/mol. The van der Waals surface area contributed by atoms with E-state index in [2.05, 4.69) is 133 Å². The highest BCUT2D eigenvalue weighted by atomic mass is 16.5. The molecule has 2 nitrogen and oxygen atoms in total. The van der Waals surface area contributed by atoms with Gasteiger partial charge in [-0.25, -0.2) is 0 Å². The van der Waals surface area contributed by atoms with Gasteiger partial charge in [0, 0.05) is 17.1 Å². The van der Waals surface area contributed by atoms with E-state index < -0.39 is 0 Å². The van der Waals surface area contributed by atoms with Gasteiger partial charge >= 0.3 is 0 Å². The Morgan fingerprint density at radius 1 is 0.561 bits per heavy atom. The SMILES string of the molecule is CC1(C)CC(C)(C)c2cc(N3c4cc5c(cc4B4c6ccccc6Oc6cccc3c64)C(C)(C)CC5(C)C)ccc21. The molecule has 0 aromatic heterocycles. The minimum absolute atomic E-state index is 0.124. The van der Waals surface area contributed by atoms with Crippen molar-refractivity contribution >= 4 is 40.2 Å². The lowest BCUT2D eigenvalue weighted by Gasteiger charge is -2.41. The highest BCUT2D eigenvalue weighted by molar-refractivity contribution is 6.99. The molecule has 2 aliphatic carbocycles. The van der Waals surface area contributed by atoms with Crippen LogP contribution in [0.2, 0.25) is 0 Å². The van der Waals surface area contributed by atoms with E-state index in [1.807, 2.05) is 0 Å². The van der Waals surface area contributed by atoms with E-state index in [4.69, 9.17) is 4.74 Å². The number of hydrogen-bond donors (Lipinski definition) is 0. The predicted molar refractivity (Wildman–Crippen MR) is 174 cm³/mol. The maximum atomic E-state index is 6.60. The smallest absolute Gasteiger partial charge is 0.256 e. The Hall–Kier alpha value is -3.46. The second kappa shape index (κ2) is 7.68. The van der Waals surface area contributed by atoms with Gasteiger partial charge < -0.3 is 9.64 Å². The minimum Gasteiger partial charge on any atom is -0.458 e. The van der Waals surface area contributed by atoms with Crippen molar-refractivity contribution in [3.05, 3.63) is 95.1 Å². The first-order valence-corrected chi connectivity index (χ1v) is 15.3. The molecule has 0 spiro atoms. The van der Waals surface area contributed by atoms with Crippen LogP contribution in [0, 0.1) is 0 Å². The number of ether oxygens (including phenoxy) is 1. The van der Waals surface area contributed by atoms with E-state index >= 15 is 0 Å². The molecule has 3 heteroatoms. The zero-order valence-electron chi connectivity index (χ0n) is 25.8. The Kier molecular flexibility index (Phi) is 4.73. The second-order valence-corrected chi connectivity index (χ2v) is 15.7. The van der Waals surface area contributed by atoms with Crippen LogP contribution in [-0.2, 0) is 21.7 Å². The Balaban J connectivity index is 1.45. The van der Waals surface area contributed by atoms with Gasteiger partial charge in [0.15, 0.2) is 0 Å². The van der Waals surface area contributed by atoms with Gasteiger partial charge in [-0.1, -0.05) is 91.8 Å². The van der Waals surface area contributed by atoms with Crippen LogP contribution in [0.5, 0.6) is 11.5 Å². The summed E-state index contributed by atoms with van der Waals surface area (Å²) in [7, 11) is 0. The maximum absolute atomic E-state index is 6.60. The molecular weight excluding hydrogens is 497 g/mol. The Morgan fingerprint density at radius 3 is 1.90 bits per heavy atom. The van der Waals surface area contributed by atoms with E-state index in [0.717, 1.165) is 17.9 Å². The average Bonchev–Trinajstić information content (AvgIpc) is 3.21. The molecule has 2 aliphatic heterocycles. The largest absolute Gasteiger partial charge is 0.458 e. The van der Waals surface area contributed by atoms with Crippen molar-refractivity contribution in [1.29, 1.82) is 0 Å². The summed E-state index contributed by atoms with van der Waals surface area (Å²) in [5.74, 6) is 1.95. The molecule has 8 rings (SSSR count). The molecule has 0 atom stereocenters. The zero-order chi connectivity index (χ0) is 28.7. The quantitative estimate of drug-likeness (QED) is 0.197. The number of hydrogen-bond acceptors (Lipinski definition) is 2. The summed E-state index contributed by atoms with van der Waals surface area (Å²) in [4.78, 5) is 2.55. The fourth-order valence-corrected chi connectivity index (χ4v) is 9.49. The van der Waals surface area contributed by atoms with Crippen molar-refractivity contribution in [3.8, 4) is 11.5 Å². The standard InChI is InChI=1S/C38H40BNO/c1-35(2)21-36(3,4)25-18-23(16-17-24(25)35)40-30-13-11-15-33-34(30)39(28-12-9-10-14-32(28)41-33)29-19-26-27(20-31(29)40)38(7,8)22-37(26,5)6/h9-20H,21-22H2,1-8H3. The lowest BCUT2D eigenvalue weighted by atomic mass is 9.34. The molecular formula is C38H40BNO. The maximum Gasteiger partial charge on any atom is 0.256 e. The summed E-state index contributed by atoms with van der Waals surface area (Å²) in [5, 5.41) is 0. The van der Waals surface area contributed by atoms with E-state index in [-0.39, 0.29) is 28.4 Å². The molecule has 0 saturated carbocycles. The Bertz CT molecular complexity index is 1790. The van der Waals surface area contributed by atoms with Gasteiger partial charge in [-0.2, -0.15) is 0 Å². The number of rotatable bonds is 1. The van der Waals surface area contributed by atoms with Gasteiger partial charge in [0.2, 0.25) is 0 Å². The first kappa shape index (κ1) is 25.3. The van der Waals surface area contributed by atoms with Crippen molar-refractivity contribution in [1.82, 2.24) is 0 Å². The number of para-hydroxylation sites is 1. The molecule has 0 amide bonds. The average molecular weight is 538 g/mol. The van der Waals surface area contributed by atoms with Crippen LogP contribution in [0.25, 0.3) is 0 Å². The number of anilines is 3. The third-order valence-corrected chi connectivity index (χ3v) is 10.7. The summed E-state index contributed by atoms with van der Waals surface area (Å²) in [5.41, 5.74) is 14.3. The normalized spacial score (nSPS) is 20.9. The number of nitrogens with zero attached hydrogens (tertiary/aromatic N) is 1. The van der Waals surface area contributed by atoms with Gasteiger partial charge in [0.05, 0.1) is 0 Å². The highest BCUT2D eigenvalue weighted by Gasteiger charge is 2.48. The lowest BCUT2D eigenvalue weighted by molar-refractivity contribution is 0.403. The van der Waals surface area contributed by atoms with Crippen LogP contribution < -0.4 is 26.0 Å². The first-order valence-electron chi connectivity index (χ1n) is 15.3. The Labute approximate surface area is 245 Å². The molecule has 0 bridgehead atoms. The predicted octanol–water partition coefficient (Wildman–Crippen LogP) is 8.01. The van der Waals surface area contributed by atoms with Crippen LogP contribution >= 0.6 is 0 Å². The van der Waals surface area contributed by atoms with Crippen LogP contribution in [0.3, 0.4) is 0 Å². The summed E-state index contributed by atoms with van der Waals surface area (Å²) >= 11 is 0. The van der Waals surface area contributed by atoms with Gasteiger partial charge in [-0.15, -0.1) is 0 Å². The Morgan fingerprint density at radius 2 is 1.17 bits per heavy atom. The van der Waals surface area contributed by atoms with Gasteiger partial charge in [0.1, 0.15) is 11.5 Å². The van der Waals surface area contributed by atoms with Crippen molar-refractivity contribution in [2.45, 2.75) is 89.9 Å². The molecule has 0 unspecified atom stereocenters. The molecule has 4 aromatic rings. The number of benzene rings is 4. The van der Waals surface area contributed by atoms with Crippen molar-refractivity contribution in [2.24, 2.45) is 0 Å². The van der Waals surface area contributed by atoms with Crippen molar-refractivity contribution < 1.29 is 4.74 Å². The molecule has 206 valence electrons. The highest BCUT2D eigenvalue weighted by Crippen LogP contribution is 2.54. The van der Waals surface area contributed by atoms with Crippen LogP contribution in [0.15, 0.2) is 72.8 Å². The first-order chi connectivity index (χ1) is 19.3. The second-order valence-electron chi connectivity index (χ2n) is 15.7. The molecule has 4 aliphatic rings. The molecule has 0 fully saturated rings. The van der Waals surface area contributed by atoms with Crippen molar-refractivity contribution in [2.75, 3.05) is 4.90 Å². The topological polar surface area (TPSA) is 12.5 Å². The zero-order valence-corrected chi connectivity index (χ0v) is 25.8. The summed E-state index contributed by atoms with van der Waals surface area (Å²) < 4.78 is 6.60. The summed E-state index contributed by atoms with van der Waals surface area (Å²) in [6, 6.07) is 27.6. The fourth-order valence-electron chi connectivity index (χ4n) is 9.49. The number of fused-ring (bicyclic) bond motifs is 6. The summed E-state index contributed by atoms with van der Waals surface area (Å²) in [6.07, 6.45) is 2.32. The lowest BCUT2D eigenvalue weighted by Crippen LogP contribution is -2.59. The van der Waals surface area contributed by atoms with Gasteiger partial charge in [0.25, 0.3) is 6.71 Å². The van der Waals surface area contributed by atoms with Crippen molar-refractivity contribution in [3.63, 3.8) is 0 Å². The molecule has 41 heavy (non-hydrogen) atoms. The molecule has 0 N–H and O–H groups in total. The van der Waals surface area contributed by atoms with Crippen LogP contribution in [-0.4, -0.2) is 6.71 Å². The molecule has 0 radical (unpaired) electrons. The third kappa shape index (κ3) is 3.32. The van der Waals surface area contributed by atoms with E-state index in [9.17, 15) is 0 Å².